The van der Waals surface area contributed by atoms with Crippen LogP contribution >= 0.6 is 11.3 Å². The molecule has 17 nitrogen and oxygen atoms in total. The van der Waals surface area contributed by atoms with E-state index in [0.717, 1.165) is 78.9 Å². The lowest BCUT2D eigenvalue weighted by molar-refractivity contribution is -0.144. The van der Waals surface area contributed by atoms with E-state index in [2.05, 4.69) is 49.6 Å². The molecule has 73 heavy (non-hydrogen) atoms. The van der Waals surface area contributed by atoms with E-state index in [1.165, 1.54) is 15.3 Å². The fourth-order valence-electron chi connectivity index (χ4n) is 8.54. The van der Waals surface area contributed by atoms with Gasteiger partial charge in [0.05, 0.1) is 12.7 Å². The van der Waals surface area contributed by atoms with E-state index in [1.807, 2.05) is 88.2 Å². The van der Waals surface area contributed by atoms with E-state index in [9.17, 15) is 24.3 Å². The molecule has 2 aromatic heterocycles. The van der Waals surface area contributed by atoms with Gasteiger partial charge in [0.2, 0.25) is 29.6 Å². The van der Waals surface area contributed by atoms with Crippen molar-refractivity contribution in [3.05, 3.63) is 82.9 Å². The number of aliphatic hydroxyl groups excluding tert-OH is 1. The maximum absolute atomic E-state index is 14.0. The zero-order chi connectivity index (χ0) is 52.2. The lowest BCUT2D eigenvalue weighted by atomic mass is 9.84. The summed E-state index contributed by atoms with van der Waals surface area (Å²) < 4.78 is 23.2. The molecular weight excluding hydrogens is 949 g/mol. The largest absolute Gasteiger partial charge is 0.493 e. The summed E-state index contributed by atoms with van der Waals surface area (Å²) in [7, 11) is 1.89. The van der Waals surface area contributed by atoms with Gasteiger partial charge in [-0.3, -0.25) is 19.2 Å². The summed E-state index contributed by atoms with van der Waals surface area (Å²) in [5.41, 5.74) is 4.34. The first kappa shape index (κ1) is 56.6. The summed E-state index contributed by atoms with van der Waals surface area (Å²) in [6, 6.07) is 16.0. The van der Waals surface area contributed by atoms with Crippen molar-refractivity contribution in [2.45, 2.75) is 117 Å². The molecule has 1 saturated carbocycles. The number of nitrogens with one attached hydrogen (secondary N) is 4. The summed E-state index contributed by atoms with van der Waals surface area (Å²) in [4.78, 5) is 66.4. The number of likely N-dealkylation sites (tertiary alicyclic amines) is 1. The third-order valence-corrected chi connectivity index (χ3v) is 14.1. The second kappa shape index (κ2) is 28.7. The Hall–Kier alpha value is -5.66. The monoisotopic (exact) mass is 1030 g/mol. The number of carbonyl (C=O) groups is 4. The van der Waals surface area contributed by atoms with Crippen LogP contribution in [0.4, 0.5) is 17.5 Å². The normalized spacial score (nSPS) is 16.1. The Bertz CT molecular complexity index is 2370. The smallest absolute Gasteiger partial charge is 0.246 e. The van der Waals surface area contributed by atoms with Gasteiger partial charge < -0.3 is 55.1 Å². The number of amides is 4. The van der Waals surface area contributed by atoms with Gasteiger partial charge in [0.1, 0.15) is 30.3 Å². The highest BCUT2D eigenvalue weighted by atomic mass is 32.1. The maximum Gasteiger partial charge on any atom is 0.246 e. The molecular formula is C55H78N8O9S. The molecule has 1 aliphatic carbocycles. The van der Waals surface area contributed by atoms with Gasteiger partial charge in [-0.05, 0) is 98.1 Å². The Balaban J connectivity index is 0.774. The molecule has 4 amide bonds. The minimum absolute atomic E-state index is 0.00268. The van der Waals surface area contributed by atoms with Gasteiger partial charge in [0.15, 0.2) is 0 Å². The van der Waals surface area contributed by atoms with Crippen molar-refractivity contribution in [3.8, 4) is 16.2 Å². The number of nitrogens with zero attached hydrogens (tertiary/aromatic N) is 4. The number of benzene rings is 2. The molecule has 0 spiro atoms. The van der Waals surface area contributed by atoms with Crippen molar-refractivity contribution in [3.63, 3.8) is 0 Å². The first-order chi connectivity index (χ1) is 35.2. The predicted molar refractivity (Wildman–Crippen MR) is 285 cm³/mol. The fourth-order valence-corrected chi connectivity index (χ4v) is 9.47. The van der Waals surface area contributed by atoms with Crippen LogP contribution < -0.4 is 26.0 Å². The molecule has 3 atom stereocenters. The Morgan fingerprint density at radius 1 is 0.890 bits per heavy atom. The van der Waals surface area contributed by atoms with E-state index >= 15 is 0 Å². The molecule has 1 saturated heterocycles. The first-order valence-electron chi connectivity index (χ1n) is 25.9. The predicted octanol–water partition coefficient (Wildman–Crippen LogP) is 7.42. The molecule has 2 aliphatic rings. The average Bonchev–Trinajstić information content (AvgIpc) is 3.97. The van der Waals surface area contributed by atoms with Gasteiger partial charge in [-0.25, -0.2) is 4.98 Å². The van der Waals surface area contributed by atoms with Crippen molar-refractivity contribution in [2.75, 3.05) is 83.6 Å². The number of unbranched alkanes of at least 4 members (excludes halogenated alkanes) is 1. The van der Waals surface area contributed by atoms with Crippen LogP contribution in [0, 0.1) is 25.2 Å². The summed E-state index contributed by atoms with van der Waals surface area (Å²) in [5.74, 6) is 1.24. The molecule has 0 unspecified atom stereocenters. The Morgan fingerprint density at radius 2 is 1.60 bits per heavy atom. The van der Waals surface area contributed by atoms with E-state index in [-0.39, 0.29) is 43.8 Å². The Morgan fingerprint density at radius 3 is 2.29 bits per heavy atom. The van der Waals surface area contributed by atoms with E-state index in [1.54, 1.807) is 17.5 Å². The number of ether oxygens (including phenoxy) is 4. The fraction of sp³-hybridized carbons (Fsp3) is 0.564. The highest BCUT2D eigenvalue weighted by Crippen LogP contribution is 2.31. The number of hydrogen-bond acceptors (Lipinski definition) is 14. The van der Waals surface area contributed by atoms with Crippen molar-refractivity contribution >= 4 is 52.4 Å². The standard InChI is InChI=1S/C55H78N8O9S/c1-38-22-31-73-48(38)41-20-18-40(19-21-41)35-57-51(66)46-33-44(64)36-63(46)53(68)49(55(3,4)5)60-47(65)37-71-29-12-27-69-25-7-8-26-70-28-13-30-72-45-17-10-16-43(32-45)59-54-58-34-39(2)50(61-54)56-23-11-24-62(6)52(67)42-14-9-15-42/h10,16-22,31-32,34,42,44,46,49,64H,7-9,11-15,23-30,33,35-37H2,1-6H3,(H,57,66)(H,60,65)(H2,56,58,59,61)/t44-,46+,49-/m1/s1. The molecule has 398 valence electrons. The van der Waals surface area contributed by atoms with Crippen LogP contribution in [0.3, 0.4) is 0 Å². The van der Waals surface area contributed by atoms with Gasteiger partial charge in [-0.2, -0.15) is 4.98 Å². The lowest BCUT2D eigenvalue weighted by Gasteiger charge is -2.35. The van der Waals surface area contributed by atoms with E-state index in [4.69, 9.17) is 18.9 Å². The van der Waals surface area contributed by atoms with Crippen molar-refractivity contribution in [2.24, 2.45) is 11.3 Å². The number of β-amino-alcohol motifs (C(OH)–C–C–N with tert-alkyl or cyclic N) is 1. The van der Waals surface area contributed by atoms with Gasteiger partial charge in [-0.1, -0.05) is 57.5 Å². The SMILES string of the molecule is Cc1cnc(Nc2cccc(OCCCOCCCCOCCCOCC(=O)N[C@H](C(=O)N3C[C@H](O)C[C@H]3C(=O)NCc3ccc(-c4sccc4C)cc3)C(C)(C)C)c2)nc1NCCCN(C)C(=O)C1CCC1. The van der Waals surface area contributed by atoms with Crippen LogP contribution in [0.25, 0.3) is 10.4 Å². The number of rotatable bonds is 30. The summed E-state index contributed by atoms with van der Waals surface area (Å²) in [6.45, 7) is 14.2. The quantitative estimate of drug-likeness (QED) is 0.0323. The first-order valence-corrected chi connectivity index (χ1v) is 26.8. The number of aryl methyl sites for hydroxylation is 2. The van der Waals surface area contributed by atoms with Crippen molar-refractivity contribution in [1.82, 2.24) is 30.4 Å². The molecule has 18 heteroatoms. The molecule has 0 radical (unpaired) electrons. The summed E-state index contributed by atoms with van der Waals surface area (Å²) >= 11 is 1.69. The zero-order valence-electron chi connectivity index (χ0n) is 43.7. The molecule has 3 heterocycles. The average molecular weight is 1030 g/mol. The van der Waals surface area contributed by atoms with Crippen LogP contribution in [-0.4, -0.2) is 140 Å². The Kier molecular flexibility index (Phi) is 22.3. The van der Waals surface area contributed by atoms with E-state index in [0.29, 0.717) is 65.1 Å². The molecule has 2 aromatic carbocycles. The molecule has 1 aliphatic heterocycles. The summed E-state index contributed by atoms with van der Waals surface area (Å²) in [5, 5.41) is 25.1. The van der Waals surface area contributed by atoms with Crippen LogP contribution in [0.2, 0.25) is 0 Å². The topological polar surface area (TPSA) is 206 Å². The Labute approximate surface area is 435 Å². The number of carbonyl (C=O) groups excluding carboxylic acids is 4. The van der Waals surface area contributed by atoms with Gasteiger partial charge in [0, 0.05) is 113 Å². The molecule has 4 aromatic rings. The lowest BCUT2D eigenvalue weighted by Crippen LogP contribution is -2.58. The number of thiophene rings is 1. The van der Waals surface area contributed by atoms with Gasteiger partial charge in [0.25, 0.3) is 0 Å². The zero-order valence-corrected chi connectivity index (χ0v) is 44.5. The van der Waals surface area contributed by atoms with Crippen molar-refractivity contribution < 1.29 is 43.2 Å². The number of aromatic nitrogens is 2. The molecule has 6 rings (SSSR count). The minimum atomic E-state index is -0.936. The second-order valence-electron chi connectivity index (χ2n) is 20.2. The minimum Gasteiger partial charge on any atom is -0.493 e. The van der Waals surface area contributed by atoms with Crippen LogP contribution in [-0.2, 0) is 39.9 Å². The third-order valence-electron chi connectivity index (χ3n) is 13.0. The molecule has 0 bridgehead atoms. The number of anilines is 3. The maximum atomic E-state index is 14.0. The van der Waals surface area contributed by atoms with Gasteiger partial charge in [-0.15, -0.1) is 11.3 Å². The molecule has 5 N–H and O–H groups in total. The third kappa shape index (κ3) is 18.1. The van der Waals surface area contributed by atoms with E-state index < -0.39 is 35.4 Å². The van der Waals surface area contributed by atoms with Gasteiger partial charge >= 0.3 is 0 Å². The summed E-state index contributed by atoms with van der Waals surface area (Å²) in [6.07, 6.45) is 8.13. The second-order valence-corrected chi connectivity index (χ2v) is 21.1. The van der Waals surface area contributed by atoms with Crippen LogP contribution in [0.5, 0.6) is 5.75 Å². The number of hydrogen-bond donors (Lipinski definition) is 5. The highest BCUT2D eigenvalue weighted by molar-refractivity contribution is 7.13. The van der Waals surface area contributed by atoms with Crippen LogP contribution in [0.1, 0.15) is 95.2 Å². The highest BCUT2D eigenvalue weighted by Gasteiger charge is 2.44. The van der Waals surface area contributed by atoms with Crippen molar-refractivity contribution in [1.29, 1.82) is 0 Å². The number of aliphatic hydroxyl groups is 1. The van der Waals surface area contributed by atoms with Crippen LogP contribution in [0.15, 0.2) is 66.2 Å². The molecule has 2 fully saturated rings.